The molecule has 9 heteroatoms. The van der Waals surface area contributed by atoms with Gasteiger partial charge in [-0.05, 0) is 36.8 Å². The second-order valence-corrected chi connectivity index (χ2v) is 8.92. The van der Waals surface area contributed by atoms with Gasteiger partial charge in [-0.25, -0.2) is 0 Å². The molecule has 1 aromatic heterocycles. The van der Waals surface area contributed by atoms with Crippen molar-refractivity contribution in [3.63, 3.8) is 0 Å². The number of thioether (sulfide) groups is 1. The van der Waals surface area contributed by atoms with Gasteiger partial charge in [-0.3, -0.25) is 19.8 Å². The molecule has 0 aliphatic carbocycles. The van der Waals surface area contributed by atoms with Crippen LogP contribution in [0.25, 0.3) is 6.08 Å². The standard InChI is InChI=1S/C20H14N4O2S3/c1-12-22-23-19(28-12)21-17(25)14-8-5-9-15(11-14)24-18(26)16(29-20(24)27)10-13-6-3-2-4-7-13/h2-11H,1H3,(H,21,23,25). The Hall–Kier alpha value is -2.88. The molecule has 0 bridgehead atoms. The van der Waals surface area contributed by atoms with Crippen LogP contribution >= 0.6 is 35.3 Å². The van der Waals surface area contributed by atoms with Gasteiger partial charge in [0.2, 0.25) is 5.13 Å². The Bertz CT molecular complexity index is 1140. The molecule has 1 N–H and O–H groups in total. The lowest BCUT2D eigenvalue weighted by Gasteiger charge is -2.15. The molecule has 0 saturated carbocycles. The zero-order chi connectivity index (χ0) is 20.4. The van der Waals surface area contributed by atoms with Crippen molar-refractivity contribution in [2.24, 2.45) is 0 Å². The highest BCUT2D eigenvalue weighted by molar-refractivity contribution is 8.27. The third-order valence-electron chi connectivity index (χ3n) is 4.00. The molecule has 29 heavy (non-hydrogen) atoms. The zero-order valence-corrected chi connectivity index (χ0v) is 17.6. The smallest absolute Gasteiger partial charge is 0.270 e. The molecule has 1 aliphatic heterocycles. The van der Waals surface area contributed by atoms with Crippen molar-refractivity contribution >= 4 is 68.3 Å². The van der Waals surface area contributed by atoms with E-state index in [9.17, 15) is 9.59 Å². The average molecular weight is 439 g/mol. The van der Waals surface area contributed by atoms with Crippen LogP contribution in [-0.4, -0.2) is 26.3 Å². The number of benzene rings is 2. The monoisotopic (exact) mass is 438 g/mol. The molecule has 2 amide bonds. The summed E-state index contributed by atoms with van der Waals surface area (Å²) in [5, 5.41) is 11.7. The van der Waals surface area contributed by atoms with Crippen molar-refractivity contribution in [2.75, 3.05) is 10.2 Å². The van der Waals surface area contributed by atoms with Gasteiger partial charge < -0.3 is 0 Å². The molecule has 0 atom stereocenters. The normalized spacial score (nSPS) is 15.2. The zero-order valence-electron chi connectivity index (χ0n) is 15.2. The van der Waals surface area contributed by atoms with Gasteiger partial charge in [0.25, 0.3) is 11.8 Å². The first-order valence-corrected chi connectivity index (χ1v) is 10.6. The number of aryl methyl sites for hydroxylation is 1. The van der Waals surface area contributed by atoms with Gasteiger partial charge >= 0.3 is 0 Å². The highest BCUT2D eigenvalue weighted by atomic mass is 32.2. The van der Waals surface area contributed by atoms with Crippen LogP contribution in [0.5, 0.6) is 0 Å². The van der Waals surface area contributed by atoms with Crippen molar-refractivity contribution < 1.29 is 9.59 Å². The molecule has 3 aromatic rings. The van der Waals surface area contributed by atoms with Crippen molar-refractivity contribution in [1.29, 1.82) is 0 Å². The Morgan fingerprint density at radius 3 is 2.66 bits per heavy atom. The van der Waals surface area contributed by atoms with Gasteiger partial charge in [0, 0.05) is 5.56 Å². The van der Waals surface area contributed by atoms with Gasteiger partial charge in [-0.1, -0.05) is 71.7 Å². The van der Waals surface area contributed by atoms with E-state index in [0.717, 1.165) is 10.6 Å². The lowest BCUT2D eigenvalue weighted by atomic mass is 10.1. The van der Waals surface area contributed by atoms with E-state index in [4.69, 9.17) is 12.2 Å². The van der Waals surface area contributed by atoms with Gasteiger partial charge in [0.1, 0.15) is 5.01 Å². The van der Waals surface area contributed by atoms with Crippen molar-refractivity contribution in [1.82, 2.24) is 10.2 Å². The van der Waals surface area contributed by atoms with Gasteiger partial charge in [0.05, 0.1) is 10.6 Å². The predicted octanol–water partition coefficient (Wildman–Crippen LogP) is 4.50. The number of anilines is 2. The van der Waals surface area contributed by atoms with Gasteiger partial charge in [-0.2, -0.15) is 0 Å². The van der Waals surface area contributed by atoms with E-state index in [1.807, 2.05) is 43.3 Å². The van der Waals surface area contributed by atoms with Crippen LogP contribution in [0, 0.1) is 6.92 Å². The predicted molar refractivity (Wildman–Crippen MR) is 121 cm³/mol. The van der Waals surface area contributed by atoms with E-state index in [-0.39, 0.29) is 11.8 Å². The molecule has 0 spiro atoms. The molecule has 2 heterocycles. The summed E-state index contributed by atoms with van der Waals surface area (Å²) in [7, 11) is 0. The number of thiocarbonyl (C=S) groups is 1. The minimum Gasteiger partial charge on any atom is -0.296 e. The topological polar surface area (TPSA) is 75.2 Å². The first-order chi connectivity index (χ1) is 14.0. The first kappa shape index (κ1) is 19.4. The highest BCUT2D eigenvalue weighted by Crippen LogP contribution is 2.36. The number of hydrogen-bond donors (Lipinski definition) is 1. The third kappa shape index (κ3) is 4.26. The van der Waals surface area contributed by atoms with E-state index in [1.54, 1.807) is 24.3 Å². The van der Waals surface area contributed by atoms with Gasteiger partial charge in [-0.15, -0.1) is 10.2 Å². The van der Waals surface area contributed by atoms with Crippen molar-refractivity contribution in [3.8, 4) is 0 Å². The summed E-state index contributed by atoms with van der Waals surface area (Å²) < 4.78 is 0.425. The second kappa shape index (κ2) is 8.24. The Morgan fingerprint density at radius 2 is 1.93 bits per heavy atom. The summed E-state index contributed by atoms with van der Waals surface area (Å²) in [5.41, 5.74) is 1.87. The van der Waals surface area contributed by atoms with Crippen LogP contribution in [0.15, 0.2) is 59.5 Å². The van der Waals surface area contributed by atoms with Crippen LogP contribution in [0.3, 0.4) is 0 Å². The molecular formula is C20H14N4O2S3. The van der Waals surface area contributed by atoms with Crippen LogP contribution < -0.4 is 10.2 Å². The Labute approximate surface area is 180 Å². The van der Waals surface area contributed by atoms with E-state index >= 15 is 0 Å². The number of rotatable bonds is 4. The van der Waals surface area contributed by atoms with Crippen LogP contribution in [0.4, 0.5) is 10.8 Å². The molecule has 2 aromatic carbocycles. The van der Waals surface area contributed by atoms with Gasteiger partial charge in [0.15, 0.2) is 4.32 Å². The summed E-state index contributed by atoms with van der Waals surface area (Å²) in [6.07, 6.45) is 1.81. The van der Waals surface area contributed by atoms with E-state index in [2.05, 4.69) is 15.5 Å². The molecule has 144 valence electrons. The second-order valence-electron chi connectivity index (χ2n) is 6.06. The fourth-order valence-electron chi connectivity index (χ4n) is 2.69. The summed E-state index contributed by atoms with van der Waals surface area (Å²) in [4.78, 5) is 27.4. The van der Waals surface area contributed by atoms with E-state index in [0.29, 0.717) is 25.6 Å². The minimum absolute atomic E-state index is 0.207. The quantitative estimate of drug-likeness (QED) is 0.477. The molecule has 1 fully saturated rings. The first-order valence-electron chi connectivity index (χ1n) is 8.56. The van der Waals surface area contributed by atoms with Crippen LogP contribution in [-0.2, 0) is 4.79 Å². The number of nitrogens with zero attached hydrogens (tertiary/aromatic N) is 3. The number of hydrogen-bond acceptors (Lipinski definition) is 7. The maximum atomic E-state index is 12.9. The highest BCUT2D eigenvalue weighted by Gasteiger charge is 2.33. The van der Waals surface area contributed by atoms with Crippen molar-refractivity contribution in [2.45, 2.75) is 6.92 Å². The van der Waals surface area contributed by atoms with E-state index < -0.39 is 0 Å². The Kier molecular flexibility index (Phi) is 5.52. The fraction of sp³-hybridized carbons (Fsp3) is 0.0500. The summed E-state index contributed by atoms with van der Waals surface area (Å²) in [6.45, 7) is 1.81. The molecule has 0 unspecified atom stereocenters. The SMILES string of the molecule is Cc1nnc(NC(=O)c2cccc(N3C(=O)C(=Cc4ccccc4)SC3=S)c2)s1. The molecule has 4 rings (SSSR count). The lowest BCUT2D eigenvalue weighted by molar-refractivity contribution is -0.113. The number of carbonyl (C=O) groups excluding carboxylic acids is 2. The minimum atomic E-state index is -0.326. The summed E-state index contributed by atoms with van der Waals surface area (Å²) in [5.74, 6) is -0.533. The summed E-state index contributed by atoms with van der Waals surface area (Å²) in [6, 6.07) is 16.4. The number of carbonyl (C=O) groups is 2. The summed E-state index contributed by atoms with van der Waals surface area (Å²) >= 11 is 7.95. The third-order valence-corrected chi connectivity index (χ3v) is 6.06. The van der Waals surface area contributed by atoms with Crippen LogP contribution in [0.2, 0.25) is 0 Å². The Morgan fingerprint density at radius 1 is 1.14 bits per heavy atom. The molecule has 1 saturated heterocycles. The average Bonchev–Trinajstić information content (AvgIpc) is 3.25. The van der Waals surface area contributed by atoms with Crippen molar-refractivity contribution in [3.05, 3.63) is 75.6 Å². The maximum Gasteiger partial charge on any atom is 0.270 e. The lowest BCUT2D eigenvalue weighted by Crippen LogP contribution is -2.27. The Balaban J connectivity index is 1.57. The number of nitrogens with one attached hydrogen (secondary N) is 1. The largest absolute Gasteiger partial charge is 0.296 e. The fourth-order valence-corrected chi connectivity index (χ4v) is 4.58. The van der Waals surface area contributed by atoms with Crippen LogP contribution in [0.1, 0.15) is 20.9 Å². The number of amides is 2. The number of aromatic nitrogens is 2. The molecule has 1 aliphatic rings. The van der Waals surface area contributed by atoms with E-state index in [1.165, 1.54) is 28.0 Å². The maximum absolute atomic E-state index is 12.9. The molecule has 6 nitrogen and oxygen atoms in total. The molecule has 0 radical (unpaired) electrons. The molecular weight excluding hydrogens is 424 g/mol.